The zero-order valence-corrected chi connectivity index (χ0v) is 21.2. The standard InChI is InChI=1S/C28H29FN8O/c1-2-3-7-23(38)32-19-12-18(15-30-16-19)17-13-20-24(21(29)14-17)35-36-25(20)27-33-22-8-9-31-28(26(22)34-27)37-10-5-4-6-11-37/h8-9,12-16H,2-7,10-11H2,1H3,(H,32,38)(H,33,34)(H,35,36). The number of nitrogens with zero attached hydrogens (tertiary/aromatic N) is 5. The number of benzene rings is 1. The molecule has 38 heavy (non-hydrogen) atoms. The minimum Gasteiger partial charge on any atom is -0.355 e. The Labute approximate surface area is 218 Å². The lowest BCUT2D eigenvalue weighted by Gasteiger charge is -2.27. The second-order valence-corrected chi connectivity index (χ2v) is 9.73. The van der Waals surface area contributed by atoms with Gasteiger partial charge in [0.05, 0.1) is 17.4 Å². The lowest BCUT2D eigenvalue weighted by molar-refractivity contribution is -0.116. The van der Waals surface area contributed by atoms with E-state index in [9.17, 15) is 4.79 Å². The summed E-state index contributed by atoms with van der Waals surface area (Å²) in [6.45, 7) is 3.96. The predicted octanol–water partition coefficient (Wildman–Crippen LogP) is 5.82. The van der Waals surface area contributed by atoms with Crippen LogP contribution in [0.4, 0.5) is 15.9 Å². The normalized spacial score (nSPS) is 13.9. The van der Waals surface area contributed by atoms with Crippen LogP contribution in [0.1, 0.15) is 45.4 Å². The van der Waals surface area contributed by atoms with Crippen molar-refractivity contribution in [1.29, 1.82) is 0 Å². The molecule has 194 valence electrons. The lowest BCUT2D eigenvalue weighted by Crippen LogP contribution is -2.30. The summed E-state index contributed by atoms with van der Waals surface area (Å²) in [4.78, 5) is 31.6. The number of H-pyrrole nitrogens is 2. The number of hydrogen-bond donors (Lipinski definition) is 3. The molecule has 0 spiro atoms. The first-order chi connectivity index (χ1) is 18.6. The van der Waals surface area contributed by atoms with Crippen molar-refractivity contribution < 1.29 is 9.18 Å². The van der Waals surface area contributed by atoms with Crippen LogP contribution in [0.15, 0.2) is 42.9 Å². The van der Waals surface area contributed by atoms with E-state index in [0.29, 0.717) is 40.1 Å². The summed E-state index contributed by atoms with van der Waals surface area (Å²) in [6.07, 6.45) is 10.8. The molecular weight excluding hydrogens is 483 g/mol. The van der Waals surface area contributed by atoms with Crippen molar-refractivity contribution in [2.24, 2.45) is 0 Å². The van der Waals surface area contributed by atoms with Crippen molar-refractivity contribution in [2.45, 2.75) is 45.4 Å². The molecule has 5 heterocycles. The molecule has 0 bridgehead atoms. The molecule has 1 aliphatic heterocycles. The van der Waals surface area contributed by atoms with Crippen molar-refractivity contribution in [1.82, 2.24) is 30.1 Å². The Hall–Kier alpha value is -4.34. The third-order valence-electron chi connectivity index (χ3n) is 7.00. The van der Waals surface area contributed by atoms with Crippen molar-refractivity contribution in [3.63, 3.8) is 0 Å². The quantitative estimate of drug-likeness (QED) is 0.253. The van der Waals surface area contributed by atoms with E-state index >= 15 is 4.39 Å². The van der Waals surface area contributed by atoms with Gasteiger partial charge < -0.3 is 15.2 Å². The minimum absolute atomic E-state index is 0.0622. The fourth-order valence-electron chi connectivity index (χ4n) is 5.03. The summed E-state index contributed by atoms with van der Waals surface area (Å²) >= 11 is 0. The Balaban J connectivity index is 1.37. The Morgan fingerprint density at radius 1 is 1.11 bits per heavy atom. The van der Waals surface area contributed by atoms with Crippen LogP contribution in [0.2, 0.25) is 0 Å². The minimum atomic E-state index is -0.454. The van der Waals surface area contributed by atoms with Crippen molar-refractivity contribution in [2.75, 3.05) is 23.3 Å². The highest BCUT2D eigenvalue weighted by Crippen LogP contribution is 2.34. The van der Waals surface area contributed by atoms with E-state index in [2.05, 4.69) is 35.4 Å². The number of unbranched alkanes of at least 4 members (excludes halogenated alkanes) is 1. The number of fused-ring (bicyclic) bond motifs is 2. The summed E-state index contributed by atoms with van der Waals surface area (Å²) in [5.74, 6) is 0.918. The first kappa shape index (κ1) is 24.0. The molecule has 0 aliphatic carbocycles. The van der Waals surface area contributed by atoms with E-state index in [1.807, 2.05) is 19.1 Å². The van der Waals surface area contributed by atoms with Gasteiger partial charge >= 0.3 is 0 Å². The number of carbonyl (C=O) groups is 1. The van der Waals surface area contributed by atoms with Gasteiger partial charge in [-0.2, -0.15) is 5.10 Å². The fraction of sp³-hybridized carbons (Fsp3) is 0.321. The predicted molar refractivity (Wildman–Crippen MR) is 146 cm³/mol. The molecule has 10 heteroatoms. The number of hydrogen-bond acceptors (Lipinski definition) is 6. The SMILES string of the molecule is CCCCC(=O)Nc1cncc(-c2cc(F)c3n[nH]c(-c4nc5c(N6CCCCC6)nccc5[nH]4)c3c2)c1. The second kappa shape index (κ2) is 10.2. The zero-order valence-electron chi connectivity index (χ0n) is 21.2. The molecule has 0 atom stereocenters. The van der Waals surface area contributed by atoms with Gasteiger partial charge in [0.25, 0.3) is 0 Å². The number of aromatic nitrogens is 6. The van der Waals surface area contributed by atoms with Crippen LogP contribution in [-0.4, -0.2) is 49.1 Å². The third-order valence-corrected chi connectivity index (χ3v) is 7.00. The average Bonchev–Trinajstić information content (AvgIpc) is 3.57. The summed E-state index contributed by atoms with van der Waals surface area (Å²) in [6, 6.07) is 7.00. The van der Waals surface area contributed by atoms with Crippen LogP contribution < -0.4 is 10.2 Å². The van der Waals surface area contributed by atoms with Gasteiger partial charge in [-0.3, -0.25) is 14.9 Å². The number of piperidine rings is 1. The number of pyridine rings is 2. The van der Waals surface area contributed by atoms with Gasteiger partial charge in [0.1, 0.15) is 16.7 Å². The molecule has 1 aliphatic rings. The van der Waals surface area contributed by atoms with E-state index in [1.54, 1.807) is 24.7 Å². The van der Waals surface area contributed by atoms with Gasteiger partial charge in [-0.15, -0.1) is 0 Å². The smallest absolute Gasteiger partial charge is 0.224 e. The van der Waals surface area contributed by atoms with Gasteiger partial charge in [-0.05, 0) is 55.5 Å². The van der Waals surface area contributed by atoms with Gasteiger partial charge in [-0.1, -0.05) is 13.3 Å². The zero-order chi connectivity index (χ0) is 26.1. The maximum Gasteiger partial charge on any atom is 0.224 e. The number of amides is 1. The number of carbonyl (C=O) groups excluding carboxylic acids is 1. The fourth-order valence-corrected chi connectivity index (χ4v) is 5.03. The van der Waals surface area contributed by atoms with Gasteiger partial charge in [-0.25, -0.2) is 14.4 Å². The van der Waals surface area contributed by atoms with Crippen LogP contribution in [0, 0.1) is 5.82 Å². The lowest BCUT2D eigenvalue weighted by atomic mass is 10.0. The van der Waals surface area contributed by atoms with Crippen molar-refractivity contribution in [3.05, 3.63) is 48.7 Å². The van der Waals surface area contributed by atoms with Gasteiger partial charge in [0.2, 0.25) is 5.91 Å². The van der Waals surface area contributed by atoms with Crippen molar-refractivity contribution in [3.8, 4) is 22.6 Å². The largest absolute Gasteiger partial charge is 0.355 e. The first-order valence-electron chi connectivity index (χ1n) is 13.1. The molecule has 0 saturated carbocycles. The summed E-state index contributed by atoms with van der Waals surface area (Å²) in [5.41, 5.74) is 4.37. The van der Waals surface area contributed by atoms with E-state index in [-0.39, 0.29) is 11.4 Å². The van der Waals surface area contributed by atoms with E-state index < -0.39 is 5.82 Å². The van der Waals surface area contributed by atoms with Crippen LogP contribution >= 0.6 is 0 Å². The van der Waals surface area contributed by atoms with E-state index in [1.165, 1.54) is 12.5 Å². The maximum atomic E-state index is 15.2. The summed E-state index contributed by atoms with van der Waals surface area (Å²) < 4.78 is 15.2. The molecule has 1 amide bonds. The molecule has 5 aromatic rings. The van der Waals surface area contributed by atoms with Gasteiger partial charge in [0.15, 0.2) is 17.5 Å². The second-order valence-electron chi connectivity index (χ2n) is 9.73. The topological polar surface area (TPSA) is 115 Å². The Bertz CT molecular complexity index is 1620. The Morgan fingerprint density at radius 2 is 1.97 bits per heavy atom. The van der Waals surface area contributed by atoms with E-state index in [4.69, 9.17) is 4.98 Å². The molecule has 0 radical (unpaired) electrons. The van der Waals surface area contributed by atoms with Crippen LogP contribution in [0.25, 0.3) is 44.6 Å². The summed E-state index contributed by atoms with van der Waals surface area (Å²) in [5, 5.41) is 10.7. The number of halogens is 1. The first-order valence-corrected chi connectivity index (χ1v) is 13.1. The van der Waals surface area contributed by atoms with Crippen molar-refractivity contribution >= 4 is 39.3 Å². The maximum absolute atomic E-state index is 15.2. The highest BCUT2D eigenvalue weighted by Gasteiger charge is 2.20. The Morgan fingerprint density at radius 3 is 2.82 bits per heavy atom. The third kappa shape index (κ3) is 4.57. The number of nitrogens with one attached hydrogen (secondary N) is 3. The van der Waals surface area contributed by atoms with Crippen LogP contribution in [0.3, 0.4) is 0 Å². The molecule has 9 nitrogen and oxygen atoms in total. The molecule has 6 rings (SSSR count). The highest BCUT2D eigenvalue weighted by atomic mass is 19.1. The number of anilines is 2. The molecular formula is C28H29FN8O. The summed E-state index contributed by atoms with van der Waals surface area (Å²) in [7, 11) is 0. The molecule has 1 aromatic carbocycles. The monoisotopic (exact) mass is 512 g/mol. The molecule has 3 N–H and O–H groups in total. The number of rotatable bonds is 7. The van der Waals surface area contributed by atoms with Crippen LogP contribution in [0.5, 0.6) is 0 Å². The van der Waals surface area contributed by atoms with E-state index in [0.717, 1.165) is 55.6 Å². The van der Waals surface area contributed by atoms with Crippen LogP contribution in [-0.2, 0) is 4.79 Å². The molecule has 1 saturated heterocycles. The molecule has 4 aromatic heterocycles. The number of imidazole rings is 1. The highest BCUT2D eigenvalue weighted by molar-refractivity contribution is 5.97. The van der Waals surface area contributed by atoms with Gasteiger partial charge in [0, 0.05) is 42.9 Å². The molecule has 1 fully saturated rings. The average molecular weight is 513 g/mol. The molecule has 0 unspecified atom stereocenters. The Kier molecular flexibility index (Phi) is 6.45. The number of aromatic amines is 2.